The van der Waals surface area contributed by atoms with E-state index in [1.807, 2.05) is 30.3 Å². The number of aromatic nitrogens is 1. The van der Waals surface area contributed by atoms with Gasteiger partial charge in [0.05, 0.1) is 19.4 Å². The van der Waals surface area contributed by atoms with Crippen molar-refractivity contribution in [3.8, 4) is 34.3 Å². The first-order chi connectivity index (χ1) is 16.6. The van der Waals surface area contributed by atoms with Gasteiger partial charge in [-0.25, -0.2) is 4.79 Å². The third-order valence-electron chi connectivity index (χ3n) is 5.23. The molecule has 1 aliphatic rings. The first kappa shape index (κ1) is 23.1. The van der Waals surface area contributed by atoms with Crippen LogP contribution in [0.25, 0.3) is 17.3 Å². The molecule has 0 radical (unpaired) electrons. The number of carbonyl (C=O) groups excluding carboxylic acids is 1. The number of esters is 1. The van der Waals surface area contributed by atoms with Crippen LogP contribution in [0.2, 0.25) is 0 Å². The van der Waals surface area contributed by atoms with Gasteiger partial charge in [-0.15, -0.1) is 0 Å². The molecule has 0 amide bonds. The average molecular weight is 463 g/mol. The Labute approximate surface area is 197 Å². The van der Waals surface area contributed by atoms with Gasteiger partial charge in [-0.2, -0.15) is 0 Å². The van der Waals surface area contributed by atoms with Crippen molar-refractivity contribution < 1.29 is 33.6 Å². The zero-order valence-corrected chi connectivity index (χ0v) is 18.9. The maximum absolute atomic E-state index is 12.9. The molecule has 8 heteroatoms. The molecule has 3 aromatic rings. The lowest BCUT2D eigenvalue weighted by Gasteiger charge is -2.14. The van der Waals surface area contributed by atoms with Crippen molar-refractivity contribution in [1.29, 1.82) is 0 Å². The highest BCUT2D eigenvalue weighted by molar-refractivity contribution is 5.95. The molecular weight excluding hydrogens is 438 g/mol. The highest BCUT2D eigenvalue weighted by Crippen LogP contribution is 2.39. The Morgan fingerprint density at radius 3 is 2.68 bits per heavy atom. The summed E-state index contributed by atoms with van der Waals surface area (Å²) < 4.78 is 27.2. The summed E-state index contributed by atoms with van der Waals surface area (Å²) in [6.45, 7) is 1.67. The van der Waals surface area contributed by atoms with Crippen LogP contribution in [0.5, 0.6) is 23.0 Å². The zero-order chi connectivity index (χ0) is 23.9. The SMILES string of the molecule is CCOC(=O)/C(=C\c1cccnc1-c1ccccc1OCO)Cc1cc2c(cc1OC)OCO2. The number of nitrogens with zero attached hydrogens (tertiary/aromatic N) is 1. The Balaban J connectivity index is 1.78. The van der Waals surface area contributed by atoms with E-state index in [1.165, 1.54) is 0 Å². The normalized spacial score (nSPS) is 12.4. The molecule has 2 aromatic carbocycles. The number of pyridine rings is 1. The van der Waals surface area contributed by atoms with E-state index in [4.69, 9.17) is 23.7 Å². The van der Waals surface area contributed by atoms with Crippen molar-refractivity contribution in [2.24, 2.45) is 0 Å². The minimum Gasteiger partial charge on any atom is -0.496 e. The molecule has 0 bridgehead atoms. The van der Waals surface area contributed by atoms with Crippen LogP contribution in [-0.4, -0.2) is 43.4 Å². The van der Waals surface area contributed by atoms with Crippen LogP contribution < -0.4 is 18.9 Å². The van der Waals surface area contributed by atoms with Gasteiger partial charge in [0.25, 0.3) is 0 Å². The number of para-hydroxylation sites is 1. The summed E-state index contributed by atoms with van der Waals surface area (Å²) in [6, 6.07) is 14.4. The number of aliphatic hydroxyl groups excluding tert-OH is 1. The number of rotatable bonds is 9. The second-order valence-corrected chi connectivity index (χ2v) is 7.29. The number of methoxy groups -OCH3 is 1. The van der Waals surface area contributed by atoms with Crippen LogP contribution >= 0.6 is 0 Å². The number of fused-ring (bicyclic) bond motifs is 1. The molecule has 0 aliphatic carbocycles. The topological polar surface area (TPSA) is 96.3 Å². The number of benzene rings is 2. The summed E-state index contributed by atoms with van der Waals surface area (Å²) in [5.41, 5.74) is 3.15. The molecule has 8 nitrogen and oxygen atoms in total. The molecule has 0 unspecified atom stereocenters. The van der Waals surface area contributed by atoms with Gasteiger partial charge in [-0.05, 0) is 37.3 Å². The molecule has 4 rings (SSSR count). The lowest BCUT2D eigenvalue weighted by molar-refractivity contribution is -0.138. The van der Waals surface area contributed by atoms with Crippen LogP contribution in [0, 0.1) is 0 Å². The number of ether oxygens (including phenoxy) is 5. The van der Waals surface area contributed by atoms with Crippen LogP contribution in [-0.2, 0) is 16.0 Å². The average Bonchev–Trinajstić information content (AvgIpc) is 3.31. The summed E-state index contributed by atoms with van der Waals surface area (Å²) in [5, 5.41) is 9.27. The number of hydrogen-bond acceptors (Lipinski definition) is 8. The quantitative estimate of drug-likeness (QED) is 0.289. The van der Waals surface area contributed by atoms with Gasteiger partial charge < -0.3 is 28.8 Å². The molecule has 2 heterocycles. The van der Waals surface area contributed by atoms with E-state index < -0.39 is 12.8 Å². The van der Waals surface area contributed by atoms with Crippen LogP contribution in [0.15, 0.2) is 60.3 Å². The Kier molecular flexibility index (Phi) is 7.29. The Morgan fingerprint density at radius 2 is 1.91 bits per heavy atom. The van der Waals surface area contributed by atoms with Gasteiger partial charge in [0.2, 0.25) is 6.79 Å². The highest BCUT2D eigenvalue weighted by Gasteiger charge is 2.21. The second-order valence-electron chi connectivity index (χ2n) is 7.29. The minimum absolute atomic E-state index is 0.136. The highest BCUT2D eigenvalue weighted by atomic mass is 16.7. The van der Waals surface area contributed by atoms with Crippen LogP contribution in [0.1, 0.15) is 18.1 Å². The molecule has 0 atom stereocenters. The Bertz CT molecular complexity index is 1210. The molecule has 0 spiro atoms. The standard InChI is InChI=1S/C26H25NO7/c1-3-31-26(29)19(12-18-13-23-24(34-16-33-23)14-22(18)30-2)11-17-7-6-10-27-25(17)20-8-4-5-9-21(20)32-15-28/h4-11,13-14,28H,3,12,15-16H2,1-2H3/b19-11-. The van der Waals surface area contributed by atoms with Crippen molar-refractivity contribution in [1.82, 2.24) is 4.98 Å². The van der Waals surface area contributed by atoms with Gasteiger partial charge >= 0.3 is 5.97 Å². The van der Waals surface area contributed by atoms with Crippen molar-refractivity contribution in [3.05, 3.63) is 71.4 Å². The smallest absolute Gasteiger partial charge is 0.334 e. The summed E-state index contributed by atoms with van der Waals surface area (Å²) in [6.07, 6.45) is 3.65. The first-order valence-corrected chi connectivity index (χ1v) is 10.8. The lowest BCUT2D eigenvalue weighted by atomic mass is 9.98. The molecule has 0 saturated heterocycles. The molecular formula is C26H25NO7. The maximum Gasteiger partial charge on any atom is 0.334 e. The summed E-state index contributed by atoms with van der Waals surface area (Å²) >= 11 is 0. The van der Waals surface area contributed by atoms with Crippen molar-refractivity contribution in [3.63, 3.8) is 0 Å². The largest absolute Gasteiger partial charge is 0.496 e. The minimum atomic E-state index is -0.465. The van der Waals surface area contributed by atoms with E-state index in [9.17, 15) is 9.90 Å². The van der Waals surface area contributed by atoms with E-state index in [1.54, 1.807) is 44.5 Å². The fraction of sp³-hybridized carbons (Fsp3) is 0.231. The number of aliphatic hydroxyl groups is 1. The van der Waals surface area contributed by atoms with Gasteiger partial charge in [0, 0.05) is 40.9 Å². The molecule has 1 N–H and O–H groups in total. The second kappa shape index (κ2) is 10.7. The fourth-order valence-corrected chi connectivity index (χ4v) is 3.71. The van der Waals surface area contributed by atoms with Gasteiger partial charge in [-0.1, -0.05) is 18.2 Å². The zero-order valence-electron chi connectivity index (χ0n) is 18.9. The van der Waals surface area contributed by atoms with Crippen molar-refractivity contribution in [2.75, 3.05) is 27.3 Å². The molecule has 1 aliphatic heterocycles. The Hall–Kier alpha value is -4.04. The Morgan fingerprint density at radius 1 is 1.12 bits per heavy atom. The predicted octanol–water partition coefficient (Wildman–Crippen LogP) is 4.00. The van der Waals surface area contributed by atoms with Gasteiger partial charge in [0.1, 0.15) is 11.5 Å². The van der Waals surface area contributed by atoms with Gasteiger partial charge in [0.15, 0.2) is 18.3 Å². The van der Waals surface area contributed by atoms with Crippen LogP contribution in [0.3, 0.4) is 0 Å². The molecule has 0 fully saturated rings. The summed E-state index contributed by atoms with van der Waals surface area (Å²) in [5.74, 6) is 1.80. The van der Waals surface area contributed by atoms with Crippen molar-refractivity contribution >= 4 is 12.0 Å². The lowest BCUT2D eigenvalue weighted by Crippen LogP contribution is -2.11. The third kappa shape index (κ3) is 4.97. The van der Waals surface area contributed by atoms with E-state index in [0.29, 0.717) is 45.4 Å². The summed E-state index contributed by atoms with van der Waals surface area (Å²) in [7, 11) is 1.56. The van der Waals surface area contributed by atoms with E-state index >= 15 is 0 Å². The molecule has 176 valence electrons. The summed E-state index contributed by atoms with van der Waals surface area (Å²) in [4.78, 5) is 17.5. The first-order valence-electron chi connectivity index (χ1n) is 10.8. The van der Waals surface area contributed by atoms with E-state index in [2.05, 4.69) is 4.98 Å². The van der Waals surface area contributed by atoms with Crippen molar-refractivity contribution in [2.45, 2.75) is 13.3 Å². The molecule has 0 saturated carbocycles. The number of carbonyl (C=O) groups is 1. The monoisotopic (exact) mass is 463 g/mol. The van der Waals surface area contributed by atoms with Crippen LogP contribution in [0.4, 0.5) is 0 Å². The van der Waals surface area contributed by atoms with E-state index in [-0.39, 0.29) is 19.8 Å². The number of hydrogen-bond donors (Lipinski definition) is 1. The molecule has 34 heavy (non-hydrogen) atoms. The van der Waals surface area contributed by atoms with Gasteiger partial charge in [-0.3, -0.25) is 4.98 Å². The maximum atomic E-state index is 12.9. The predicted molar refractivity (Wildman–Crippen MR) is 125 cm³/mol. The third-order valence-corrected chi connectivity index (χ3v) is 5.23. The van der Waals surface area contributed by atoms with E-state index in [0.717, 1.165) is 5.56 Å². The molecule has 1 aromatic heterocycles. The fourth-order valence-electron chi connectivity index (χ4n) is 3.71.